The molecule has 96 valence electrons. The molecule has 0 aliphatic rings. The average molecular weight is 245 g/mol. The Labute approximate surface area is 108 Å². The summed E-state index contributed by atoms with van der Waals surface area (Å²) in [7, 11) is 0. The molecule has 2 heterocycles. The minimum Gasteiger partial charge on any atom is -0.360 e. The molecular weight excluding hydrogens is 224 g/mol. The average Bonchev–Trinajstić information content (AvgIpc) is 2.94. The zero-order valence-electron chi connectivity index (χ0n) is 11.3. The molecule has 2 aromatic heterocycles. The lowest BCUT2D eigenvalue weighted by molar-refractivity contribution is -0.738. The van der Waals surface area contributed by atoms with Gasteiger partial charge in [0, 0.05) is 12.3 Å². The Morgan fingerprint density at radius 2 is 1.94 bits per heavy atom. The maximum absolute atomic E-state index is 4.69. The van der Waals surface area contributed by atoms with E-state index in [0.29, 0.717) is 0 Å². The van der Waals surface area contributed by atoms with Gasteiger partial charge in [0.1, 0.15) is 12.2 Å². The minimum absolute atomic E-state index is 0.875. The Bertz CT molecular complexity index is 487. The second kappa shape index (κ2) is 5.67. The van der Waals surface area contributed by atoms with Crippen molar-refractivity contribution in [2.75, 3.05) is 18.0 Å². The molecule has 1 N–H and O–H groups in total. The first-order valence-electron chi connectivity index (χ1n) is 6.60. The van der Waals surface area contributed by atoms with E-state index in [0.717, 1.165) is 31.0 Å². The first-order valence-corrected chi connectivity index (χ1v) is 6.60. The number of aromatic nitrogens is 3. The topological polar surface area (TPSA) is 35.8 Å². The lowest BCUT2D eigenvalue weighted by Crippen LogP contribution is -2.44. The van der Waals surface area contributed by atoms with E-state index in [1.165, 1.54) is 5.82 Å². The highest BCUT2D eigenvalue weighted by Gasteiger charge is 2.17. The summed E-state index contributed by atoms with van der Waals surface area (Å²) in [6.07, 6.45) is 1.92. The van der Waals surface area contributed by atoms with Crippen LogP contribution in [-0.4, -0.2) is 23.2 Å². The van der Waals surface area contributed by atoms with Gasteiger partial charge in [0.25, 0.3) is 5.82 Å². The largest absolute Gasteiger partial charge is 0.360 e. The summed E-state index contributed by atoms with van der Waals surface area (Å²) in [5.74, 6) is 1.18. The first-order chi connectivity index (χ1) is 8.80. The quantitative estimate of drug-likeness (QED) is 0.820. The lowest BCUT2D eigenvalue weighted by Gasteiger charge is -2.15. The predicted molar refractivity (Wildman–Crippen MR) is 73.5 cm³/mol. The third-order valence-electron chi connectivity index (χ3n) is 3.14. The smallest absolute Gasteiger partial charge is 0.297 e. The van der Waals surface area contributed by atoms with E-state index < -0.39 is 0 Å². The zero-order valence-corrected chi connectivity index (χ0v) is 11.3. The van der Waals surface area contributed by atoms with E-state index in [-0.39, 0.29) is 0 Å². The predicted octanol–water partition coefficient (Wildman–Crippen LogP) is 2.23. The molecule has 4 nitrogen and oxygen atoms in total. The molecule has 0 spiro atoms. The van der Waals surface area contributed by atoms with E-state index in [1.807, 2.05) is 18.3 Å². The molecule has 0 unspecified atom stereocenters. The minimum atomic E-state index is 0.875. The van der Waals surface area contributed by atoms with Crippen molar-refractivity contribution in [2.24, 2.45) is 0 Å². The van der Waals surface area contributed by atoms with Crippen LogP contribution in [0.3, 0.4) is 0 Å². The Morgan fingerprint density at radius 3 is 2.50 bits per heavy atom. The summed E-state index contributed by atoms with van der Waals surface area (Å²) in [4.78, 5) is 5.51. The van der Waals surface area contributed by atoms with Gasteiger partial charge in [0.15, 0.2) is 0 Å². The molecular formula is C14H21N4+. The highest BCUT2D eigenvalue weighted by Crippen LogP contribution is 2.15. The van der Waals surface area contributed by atoms with E-state index in [2.05, 4.69) is 47.5 Å². The number of nitrogens with zero attached hydrogens (tertiary/aromatic N) is 3. The molecule has 0 saturated carbocycles. The van der Waals surface area contributed by atoms with Gasteiger partial charge in [0.05, 0.1) is 18.8 Å². The van der Waals surface area contributed by atoms with E-state index in [9.17, 15) is 0 Å². The molecule has 18 heavy (non-hydrogen) atoms. The molecule has 0 radical (unpaired) electrons. The van der Waals surface area contributed by atoms with Crippen molar-refractivity contribution in [3.8, 4) is 11.4 Å². The van der Waals surface area contributed by atoms with Crippen molar-refractivity contribution in [1.29, 1.82) is 0 Å². The third kappa shape index (κ3) is 2.37. The highest BCUT2D eigenvalue weighted by atomic mass is 15.4. The fourth-order valence-electron chi connectivity index (χ4n) is 2.14. The van der Waals surface area contributed by atoms with Crippen molar-refractivity contribution in [3.05, 3.63) is 30.5 Å². The summed E-state index contributed by atoms with van der Waals surface area (Å²) >= 11 is 0. The van der Waals surface area contributed by atoms with Gasteiger partial charge in [-0.3, -0.25) is 4.90 Å². The molecule has 0 amide bonds. The van der Waals surface area contributed by atoms with Crippen LogP contribution in [0.25, 0.3) is 11.4 Å². The molecule has 2 rings (SSSR count). The number of nitrogens with one attached hydrogen (secondary N) is 1. The normalized spacial score (nSPS) is 10.6. The second-order valence-electron chi connectivity index (χ2n) is 4.15. The fourth-order valence-corrected chi connectivity index (χ4v) is 2.14. The van der Waals surface area contributed by atoms with Crippen molar-refractivity contribution < 1.29 is 4.68 Å². The van der Waals surface area contributed by atoms with Crippen LogP contribution in [0, 0.1) is 0 Å². The van der Waals surface area contributed by atoms with Crippen LogP contribution in [0.5, 0.6) is 0 Å². The number of rotatable bonds is 5. The van der Waals surface area contributed by atoms with Gasteiger partial charge < -0.3 is 4.98 Å². The first kappa shape index (κ1) is 12.6. The SMILES string of the molecule is CCN(CC)c1ccc(-c2ccc[nH]2)n[n+]1CC. The van der Waals surface area contributed by atoms with Crippen molar-refractivity contribution >= 4 is 5.82 Å². The standard InChI is InChI=1S/C14H21N4/c1-4-17(5-2)14-10-9-13(16-18(14)6-3)12-8-7-11-15-12/h7-11,15H,4-6H2,1-3H3/q+1. The van der Waals surface area contributed by atoms with Crippen molar-refractivity contribution in [1.82, 2.24) is 10.1 Å². The van der Waals surface area contributed by atoms with Crippen LogP contribution in [0.4, 0.5) is 5.82 Å². The summed E-state index contributed by atoms with van der Waals surface area (Å²) in [5.41, 5.74) is 2.04. The van der Waals surface area contributed by atoms with Gasteiger partial charge in [0.2, 0.25) is 0 Å². The molecule has 0 saturated heterocycles. The molecule has 0 bridgehead atoms. The third-order valence-corrected chi connectivity index (χ3v) is 3.14. The number of aromatic amines is 1. The molecule has 0 aliphatic heterocycles. The molecule has 0 fully saturated rings. The Hall–Kier alpha value is -1.84. The molecule has 2 aromatic rings. The summed E-state index contributed by atoms with van der Waals surface area (Å²) in [5, 5.41) is 4.69. The van der Waals surface area contributed by atoms with Crippen molar-refractivity contribution in [2.45, 2.75) is 27.3 Å². The fraction of sp³-hybridized carbons (Fsp3) is 0.429. The van der Waals surface area contributed by atoms with Gasteiger partial charge >= 0.3 is 0 Å². The maximum Gasteiger partial charge on any atom is 0.297 e. The summed E-state index contributed by atoms with van der Waals surface area (Å²) < 4.78 is 2.06. The number of aryl methyl sites for hydroxylation is 1. The van der Waals surface area contributed by atoms with Crippen LogP contribution in [-0.2, 0) is 6.54 Å². The Morgan fingerprint density at radius 1 is 1.17 bits per heavy atom. The van der Waals surface area contributed by atoms with E-state index in [4.69, 9.17) is 5.10 Å². The highest BCUT2D eigenvalue weighted by molar-refractivity contribution is 5.54. The number of anilines is 1. The molecule has 0 aliphatic carbocycles. The summed E-state index contributed by atoms with van der Waals surface area (Å²) in [6.45, 7) is 9.34. The number of hydrogen-bond donors (Lipinski definition) is 1. The second-order valence-corrected chi connectivity index (χ2v) is 4.15. The monoisotopic (exact) mass is 245 g/mol. The molecule has 4 heteroatoms. The van der Waals surface area contributed by atoms with Gasteiger partial charge in [-0.1, -0.05) is 5.10 Å². The van der Waals surface area contributed by atoms with E-state index >= 15 is 0 Å². The van der Waals surface area contributed by atoms with Crippen molar-refractivity contribution in [3.63, 3.8) is 0 Å². The van der Waals surface area contributed by atoms with Crippen LogP contribution >= 0.6 is 0 Å². The van der Waals surface area contributed by atoms with Gasteiger partial charge in [-0.15, -0.1) is 4.68 Å². The van der Waals surface area contributed by atoms with Gasteiger partial charge in [-0.25, -0.2) is 0 Å². The maximum atomic E-state index is 4.69. The van der Waals surface area contributed by atoms with Crippen LogP contribution in [0.15, 0.2) is 30.5 Å². The van der Waals surface area contributed by atoms with Crippen LogP contribution in [0.1, 0.15) is 20.8 Å². The summed E-state index contributed by atoms with van der Waals surface area (Å²) in [6, 6.07) is 8.26. The molecule has 0 atom stereocenters. The zero-order chi connectivity index (χ0) is 13.0. The Kier molecular flexibility index (Phi) is 3.97. The number of hydrogen-bond acceptors (Lipinski definition) is 2. The number of H-pyrrole nitrogens is 1. The van der Waals surface area contributed by atoms with E-state index in [1.54, 1.807) is 0 Å². The lowest BCUT2D eigenvalue weighted by atomic mass is 10.3. The van der Waals surface area contributed by atoms with Gasteiger partial charge in [-0.05, 0) is 39.0 Å². The Balaban J connectivity index is 2.40. The van der Waals surface area contributed by atoms with Gasteiger partial charge in [-0.2, -0.15) is 0 Å². The van der Waals surface area contributed by atoms with Crippen LogP contribution < -0.4 is 9.58 Å². The van der Waals surface area contributed by atoms with Crippen LogP contribution in [0.2, 0.25) is 0 Å². The molecule has 0 aromatic carbocycles.